The zero-order valence-electron chi connectivity index (χ0n) is 20.8. The summed E-state index contributed by atoms with van der Waals surface area (Å²) in [7, 11) is 0. The van der Waals surface area contributed by atoms with Gasteiger partial charge in [-0.1, -0.05) is 97.0 Å². The Bertz CT molecular complexity index is 626. The predicted molar refractivity (Wildman–Crippen MR) is 132 cm³/mol. The minimum Gasteiger partial charge on any atom is -0.462 e. The van der Waals surface area contributed by atoms with Crippen LogP contribution in [0.1, 0.15) is 138 Å². The van der Waals surface area contributed by atoms with Crippen LogP contribution in [0.4, 0.5) is 0 Å². The molecule has 0 aliphatic carbocycles. The van der Waals surface area contributed by atoms with Gasteiger partial charge >= 0.3 is 11.9 Å². The number of carbonyl (C=O) groups excluding carboxylic acids is 2. The first kappa shape index (κ1) is 28.2. The van der Waals surface area contributed by atoms with E-state index in [0.717, 1.165) is 25.7 Å². The molecule has 0 amide bonds. The van der Waals surface area contributed by atoms with E-state index in [-0.39, 0.29) is 18.0 Å². The van der Waals surface area contributed by atoms with Crippen molar-refractivity contribution in [2.24, 2.45) is 0 Å². The summed E-state index contributed by atoms with van der Waals surface area (Å²) in [5.74, 6) is -0.746. The van der Waals surface area contributed by atoms with Crippen molar-refractivity contribution in [3.8, 4) is 0 Å². The summed E-state index contributed by atoms with van der Waals surface area (Å²) in [6.45, 7) is 6.81. The van der Waals surface area contributed by atoms with E-state index < -0.39 is 0 Å². The van der Waals surface area contributed by atoms with Gasteiger partial charge < -0.3 is 9.47 Å². The number of benzene rings is 1. The van der Waals surface area contributed by atoms with Gasteiger partial charge in [-0.2, -0.15) is 0 Å². The summed E-state index contributed by atoms with van der Waals surface area (Å²) in [5.41, 5.74) is 0.809. The van der Waals surface area contributed by atoms with Crippen LogP contribution in [-0.2, 0) is 9.47 Å². The van der Waals surface area contributed by atoms with E-state index >= 15 is 0 Å². The highest BCUT2D eigenvalue weighted by atomic mass is 16.5. The average molecular weight is 447 g/mol. The molecule has 4 heteroatoms. The molecular weight excluding hydrogens is 400 g/mol. The Morgan fingerprint density at radius 1 is 0.719 bits per heavy atom. The molecule has 1 rings (SSSR count). The largest absolute Gasteiger partial charge is 0.462 e. The third-order valence-corrected chi connectivity index (χ3v) is 5.84. The molecule has 0 N–H and O–H groups in total. The van der Waals surface area contributed by atoms with Crippen LogP contribution in [-0.4, -0.2) is 24.6 Å². The summed E-state index contributed by atoms with van der Waals surface area (Å²) in [4.78, 5) is 24.8. The standard InChI is InChI=1S/C28H46O4/c1-4-6-8-10-12-13-15-17-22-31-27(29)25-20-18-21-26(23-25)28(30)32-24(3)19-16-14-11-9-7-5-2/h18,20-21,23-24H,4-17,19,22H2,1-3H3. The lowest BCUT2D eigenvalue weighted by atomic mass is 10.1. The lowest BCUT2D eigenvalue weighted by molar-refractivity contribution is 0.0319. The van der Waals surface area contributed by atoms with Crippen molar-refractivity contribution in [2.45, 2.75) is 123 Å². The highest BCUT2D eigenvalue weighted by Gasteiger charge is 2.15. The fraction of sp³-hybridized carbons (Fsp3) is 0.714. The SMILES string of the molecule is CCCCCCCCCCOC(=O)c1cccc(C(=O)OC(C)CCCCCCCC)c1. The minimum absolute atomic E-state index is 0.119. The Morgan fingerprint density at radius 3 is 1.81 bits per heavy atom. The van der Waals surface area contributed by atoms with E-state index in [2.05, 4.69) is 13.8 Å². The number of hydrogen-bond donors (Lipinski definition) is 0. The van der Waals surface area contributed by atoms with Gasteiger partial charge in [0.05, 0.1) is 23.8 Å². The summed E-state index contributed by atoms with van der Waals surface area (Å²) < 4.78 is 11.0. The highest BCUT2D eigenvalue weighted by molar-refractivity contribution is 5.95. The molecule has 0 saturated heterocycles. The van der Waals surface area contributed by atoms with Crippen molar-refractivity contribution >= 4 is 11.9 Å². The predicted octanol–water partition coefficient (Wildman–Crippen LogP) is 8.28. The maximum Gasteiger partial charge on any atom is 0.338 e. The van der Waals surface area contributed by atoms with Gasteiger partial charge in [0.2, 0.25) is 0 Å². The zero-order chi connectivity index (χ0) is 23.4. The Morgan fingerprint density at radius 2 is 1.22 bits per heavy atom. The number of hydrogen-bond acceptors (Lipinski definition) is 4. The van der Waals surface area contributed by atoms with Crippen molar-refractivity contribution in [1.29, 1.82) is 0 Å². The Hall–Kier alpha value is -1.84. The molecule has 1 aromatic rings. The second kappa shape index (κ2) is 18.7. The number of rotatable bonds is 19. The molecule has 0 saturated carbocycles. The van der Waals surface area contributed by atoms with Crippen molar-refractivity contribution in [3.63, 3.8) is 0 Å². The molecule has 1 aromatic carbocycles. The lowest BCUT2D eigenvalue weighted by Crippen LogP contribution is -2.16. The molecule has 1 unspecified atom stereocenters. The third-order valence-electron chi connectivity index (χ3n) is 5.84. The van der Waals surface area contributed by atoms with Crippen LogP contribution in [0.25, 0.3) is 0 Å². The van der Waals surface area contributed by atoms with Crippen LogP contribution in [0, 0.1) is 0 Å². The maximum absolute atomic E-state index is 12.5. The van der Waals surface area contributed by atoms with E-state index in [1.54, 1.807) is 24.3 Å². The first-order valence-electron chi connectivity index (χ1n) is 13.1. The second-order valence-corrected chi connectivity index (χ2v) is 8.96. The molecule has 0 fully saturated rings. The molecule has 4 nitrogen and oxygen atoms in total. The summed E-state index contributed by atoms with van der Waals surface area (Å²) >= 11 is 0. The van der Waals surface area contributed by atoms with E-state index in [1.807, 2.05) is 6.92 Å². The molecule has 1 atom stereocenters. The maximum atomic E-state index is 12.5. The van der Waals surface area contributed by atoms with Crippen LogP contribution in [0.3, 0.4) is 0 Å². The molecule has 0 aliphatic rings. The van der Waals surface area contributed by atoms with Crippen molar-refractivity contribution in [1.82, 2.24) is 0 Å². The fourth-order valence-corrected chi connectivity index (χ4v) is 3.78. The van der Waals surface area contributed by atoms with Crippen LogP contribution in [0.2, 0.25) is 0 Å². The molecule has 0 heterocycles. The second-order valence-electron chi connectivity index (χ2n) is 8.96. The number of esters is 2. The number of unbranched alkanes of at least 4 members (excludes halogenated alkanes) is 12. The number of carbonyl (C=O) groups is 2. The van der Waals surface area contributed by atoms with Gasteiger partial charge in [0.25, 0.3) is 0 Å². The van der Waals surface area contributed by atoms with E-state index in [1.165, 1.54) is 70.6 Å². The third kappa shape index (κ3) is 13.5. The Kier molecular flexibility index (Phi) is 16.5. The van der Waals surface area contributed by atoms with Crippen molar-refractivity contribution < 1.29 is 19.1 Å². The van der Waals surface area contributed by atoms with Gasteiger partial charge in [-0.05, 0) is 44.4 Å². The van der Waals surface area contributed by atoms with Crippen LogP contribution >= 0.6 is 0 Å². The monoisotopic (exact) mass is 446 g/mol. The van der Waals surface area contributed by atoms with Gasteiger partial charge in [0.15, 0.2) is 0 Å². The smallest absolute Gasteiger partial charge is 0.338 e. The van der Waals surface area contributed by atoms with Gasteiger partial charge in [-0.3, -0.25) is 0 Å². The molecule has 0 aliphatic heterocycles. The molecule has 0 aromatic heterocycles. The van der Waals surface area contributed by atoms with Crippen molar-refractivity contribution in [3.05, 3.63) is 35.4 Å². The van der Waals surface area contributed by atoms with Gasteiger partial charge in [0, 0.05) is 0 Å². The summed E-state index contributed by atoms with van der Waals surface area (Å²) in [6.07, 6.45) is 17.7. The van der Waals surface area contributed by atoms with E-state index in [9.17, 15) is 9.59 Å². The fourth-order valence-electron chi connectivity index (χ4n) is 3.78. The summed E-state index contributed by atoms with van der Waals surface area (Å²) in [5, 5.41) is 0. The van der Waals surface area contributed by atoms with E-state index in [4.69, 9.17) is 9.47 Å². The Labute approximate surface area is 196 Å². The molecule has 32 heavy (non-hydrogen) atoms. The Balaban J connectivity index is 2.27. The summed E-state index contributed by atoms with van der Waals surface area (Å²) in [6, 6.07) is 6.67. The molecule has 0 radical (unpaired) electrons. The van der Waals surface area contributed by atoms with E-state index in [0.29, 0.717) is 17.7 Å². The molecule has 0 spiro atoms. The molecule has 182 valence electrons. The highest BCUT2D eigenvalue weighted by Crippen LogP contribution is 2.14. The van der Waals surface area contributed by atoms with Crippen LogP contribution < -0.4 is 0 Å². The lowest BCUT2D eigenvalue weighted by Gasteiger charge is -2.13. The van der Waals surface area contributed by atoms with Crippen LogP contribution in [0.5, 0.6) is 0 Å². The molecular formula is C28H46O4. The first-order chi connectivity index (χ1) is 15.6. The normalized spacial score (nSPS) is 11.8. The quantitative estimate of drug-likeness (QED) is 0.158. The van der Waals surface area contributed by atoms with Crippen molar-refractivity contribution in [2.75, 3.05) is 6.61 Å². The van der Waals surface area contributed by atoms with Gasteiger partial charge in [-0.25, -0.2) is 9.59 Å². The first-order valence-corrected chi connectivity index (χ1v) is 13.1. The van der Waals surface area contributed by atoms with Gasteiger partial charge in [-0.15, -0.1) is 0 Å². The zero-order valence-corrected chi connectivity index (χ0v) is 20.8. The van der Waals surface area contributed by atoms with Gasteiger partial charge in [0.1, 0.15) is 0 Å². The average Bonchev–Trinajstić information content (AvgIpc) is 2.80. The topological polar surface area (TPSA) is 52.6 Å². The number of ether oxygens (including phenoxy) is 2. The minimum atomic E-state index is -0.374. The van der Waals surface area contributed by atoms with Crippen LogP contribution in [0.15, 0.2) is 24.3 Å². The molecule has 0 bridgehead atoms.